The molecule has 3 heteroatoms. The number of carbonyl (C=O) groups excluding carboxylic acids is 1. The van der Waals surface area contributed by atoms with E-state index in [1.165, 1.54) is 0 Å². The van der Waals surface area contributed by atoms with Crippen LogP contribution in [0.1, 0.15) is 6.42 Å². The molecule has 1 aliphatic heterocycles. The Bertz CT molecular complexity index is 305. The van der Waals surface area contributed by atoms with E-state index in [0.29, 0.717) is 6.42 Å². The summed E-state index contributed by atoms with van der Waals surface area (Å²) in [5.74, 6) is 0.382. The van der Waals surface area contributed by atoms with Gasteiger partial charge in [0.15, 0.2) is 0 Å². The Morgan fingerprint density at radius 2 is 1.92 bits per heavy atom. The molecule has 1 fully saturated rings. The van der Waals surface area contributed by atoms with Gasteiger partial charge in [-0.25, -0.2) is 0 Å². The average Bonchev–Trinajstić information content (AvgIpc) is 2.06. The van der Waals surface area contributed by atoms with E-state index >= 15 is 0 Å². The zero-order chi connectivity index (χ0) is 8.55. The van der Waals surface area contributed by atoms with Crippen LogP contribution in [0.15, 0.2) is 24.3 Å². The van der Waals surface area contributed by atoms with Gasteiger partial charge in [-0.05, 0) is 24.3 Å². The van der Waals surface area contributed by atoms with E-state index in [2.05, 4.69) is 0 Å². The maximum absolute atomic E-state index is 11.0. The van der Waals surface area contributed by atoms with Crippen LogP contribution in [0.3, 0.4) is 0 Å². The highest BCUT2D eigenvalue weighted by molar-refractivity contribution is 5.99. The summed E-state index contributed by atoms with van der Waals surface area (Å²) in [7, 11) is 0. The van der Waals surface area contributed by atoms with Crippen molar-refractivity contribution in [3.05, 3.63) is 24.3 Å². The number of benzene rings is 1. The zero-order valence-corrected chi connectivity index (χ0v) is 6.53. The number of anilines is 1. The highest BCUT2D eigenvalue weighted by atomic mass is 16.3. The lowest BCUT2D eigenvalue weighted by molar-refractivity contribution is -0.122. The van der Waals surface area contributed by atoms with Gasteiger partial charge >= 0.3 is 0 Å². The number of β-lactam (4-membered cyclic amide) rings is 1. The fraction of sp³-hybridized carbons (Fsp3) is 0.222. The van der Waals surface area contributed by atoms with Crippen molar-refractivity contribution in [1.82, 2.24) is 0 Å². The maximum Gasteiger partial charge on any atom is 0.228 e. The Morgan fingerprint density at radius 1 is 1.25 bits per heavy atom. The molecule has 1 aromatic carbocycles. The lowest BCUT2D eigenvalue weighted by atomic mass is 10.1. The van der Waals surface area contributed by atoms with E-state index in [9.17, 15) is 4.79 Å². The van der Waals surface area contributed by atoms with Crippen LogP contribution in [-0.4, -0.2) is 17.6 Å². The number of carbonyl (C=O) groups is 1. The molecule has 1 heterocycles. The molecule has 0 aromatic heterocycles. The number of rotatable bonds is 1. The monoisotopic (exact) mass is 163 g/mol. The van der Waals surface area contributed by atoms with Gasteiger partial charge in [-0.3, -0.25) is 4.79 Å². The summed E-state index contributed by atoms with van der Waals surface area (Å²) in [6, 6.07) is 6.65. The SMILES string of the molecule is O=C1CCN1c1ccc(O)cc1. The van der Waals surface area contributed by atoms with Gasteiger partial charge in [0.2, 0.25) is 5.91 Å². The minimum Gasteiger partial charge on any atom is -0.508 e. The molecule has 0 unspecified atom stereocenters. The standard InChI is InChI=1S/C9H9NO2/c11-8-3-1-7(2-4-8)10-6-5-9(10)12/h1-4,11H,5-6H2. The van der Waals surface area contributed by atoms with E-state index in [4.69, 9.17) is 5.11 Å². The fourth-order valence-corrected chi connectivity index (χ4v) is 1.22. The Balaban J connectivity index is 2.23. The number of nitrogens with zero attached hydrogens (tertiary/aromatic N) is 1. The Kier molecular flexibility index (Phi) is 1.50. The summed E-state index contributed by atoms with van der Waals surface area (Å²) in [5.41, 5.74) is 0.865. The van der Waals surface area contributed by atoms with E-state index < -0.39 is 0 Å². The van der Waals surface area contributed by atoms with Crippen molar-refractivity contribution in [2.75, 3.05) is 11.4 Å². The van der Waals surface area contributed by atoms with Crippen LogP contribution >= 0.6 is 0 Å². The summed E-state index contributed by atoms with van der Waals surface area (Å²) in [4.78, 5) is 12.7. The molecule has 0 spiro atoms. The summed E-state index contributed by atoms with van der Waals surface area (Å²) >= 11 is 0. The molecule has 0 radical (unpaired) electrons. The molecule has 1 amide bonds. The fourth-order valence-electron chi connectivity index (χ4n) is 1.22. The summed E-state index contributed by atoms with van der Waals surface area (Å²) in [6.45, 7) is 0.795. The molecular formula is C9H9NO2. The molecule has 12 heavy (non-hydrogen) atoms. The van der Waals surface area contributed by atoms with Gasteiger partial charge in [0.1, 0.15) is 5.75 Å². The second-order valence-corrected chi connectivity index (χ2v) is 2.81. The highest BCUT2D eigenvalue weighted by Gasteiger charge is 2.24. The van der Waals surface area contributed by atoms with E-state index in [-0.39, 0.29) is 11.7 Å². The molecule has 1 saturated heterocycles. The normalized spacial score (nSPS) is 16.0. The predicted octanol–water partition coefficient (Wildman–Crippen LogP) is 1.13. The molecule has 1 aliphatic rings. The maximum atomic E-state index is 11.0. The van der Waals surface area contributed by atoms with Crippen molar-refractivity contribution >= 4 is 11.6 Å². The average molecular weight is 163 g/mol. The predicted molar refractivity (Wildman–Crippen MR) is 45.1 cm³/mol. The molecule has 0 atom stereocenters. The van der Waals surface area contributed by atoms with Gasteiger partial charge in [0.05, 0.1) is 0 Å². The first-order valence-electron chi connectivity index (χ1n) is 3.87. The molecular weight excluding hydrogens is 154 g/mol. The lowest BCUT2D eigenvalue weighted by Crippen LogP contribution is -2.43. The second-order valence-electron chi connectivity index (χ2n) is 2.81. The number of phenolic OH excluding ortho intramolecular Hbond substituents is 1. The smallest absolute Gasteiger partial charge is 0.228 e. The molecule has 3 nitrogen and oxygen atoms in total. The van der Waals surface area contributed by atoms with Crippen molar-refractivity contribution in [3.63, 3.8) is 0 Å². The Labute approximate surface area is 70.2 Å². The van der Waals surface area contributed by atoms with Crippen molar-refractivity contribution in [1.29, 1.82) is 0 Å². The first-order valence-corrected chi connectivity index (χ1v) is 3.87. The van der Waals surface area contributed by atoms with Crippen molar-refractivity contribution in [2.24, 2.45) is 0 Å². The van der Waals surface area contributed by atoms with Crippen LogP contribution in [0.2, 0.25) is 0 Å². The second kappa shape index (κ2) is 2.52. The van der Waals surface area contributed by atoms with Crippen LogP contribution < -0.4 is 4.90 Å². The minimum atomic E-state index is 0.153. The van der Waals surface area contributed by atoms with Crippen molar-refractivity contribution < 1.29 is 9.90 Å². The Morgan fingerprint density at radius 3 is 2.33 bits per heavy atom. The number of amides is 1. The van der Waals surface area contributed by atoms with E-state index in [1.807, 2.05) is 0 Å². The minimum absolute atomic E-state index is 0.153. The van der Waals surface area contributed by atoms with E-state index in [1.54, 1.807) is 29.2 Å². The van der Waals surface area contributed by atoms with Crippen LogP contribution in [0.4, 0.5) is 5.69 Å². The number of hydrogen-bond donors (Lipinski definition) is 1. The van der Waals surface area contributed by atoms with Gasteiger partial charge in [-0.2, -0.15) is 0 Å². The van der Waals surface area contributed by atoms with Gasteiger partial charge in [0.25, 0.3) is 0 Å². The third-order valence-electron chi connectivity index (χ3n) is 2.01. The van der Waals surface area contributed by atoms with Crippen LogP contribution in [-0.2, 0) is 4.79 Å². The van der Waals surface area contributed by atoms with Gasteiger partial charge < -0.3 is 10.0 Å². The topological polar surface area (TPSA) is 40.5 Å². The summed E-state index contributed by atoms with van der Waals surface area (Å²) < 4.78 is 0. The molecule has 1 N–H and O–H groups in total. The number of hydrogen-bond acceptors (Lipinski definition) is 2. The van der Waals surface area contributed by atoms with Gasteiger partial charge in [-0.15, -0.1) is 0 Å². The van der Waals surface area contributed by atoms with Crippen LogP contribution in [0.5, 0.6) is 5.75 Å². The quantitative estimate of drug-likeness (QED) is 0.630. The largest absolute Gasteiger partial charge is 0.508 e. The molecule has 0 aliphatic carbocycles. The van der Waals surface area contributed by atoms with Crippen molar-refractivity contribution in [3.8, 4) is 5.75 Å². The summed E-state index contributed by atoms with van der Waals surface area (Å²) in [5, 5.41) is 8.99. The van der Waals surface area contributed by atoms with E-state index in [0.717, 1.165) is 12.2 Å². The molecule has 0 bridgehead atoms. The first-order chi connectivity index (χ1) is 5.77. The van der Waals surface area contributed by atoms with Gasteiger partial charge in [-0.1, -0.05) is 0 Å². The number of aromatic hydroxyl groups is 1. The number of phenols is 1. The van der Waals surface area contributed by atoms with Crippen molar-refractivity contribution in [2.45, 2.75) is 6.42 Å². The molecule has 62 valence electrons. The first kappa shape index (κ1) is 7.16. The summed E-state index contributed by atoms with van der Waals surface area (Å²) in [6.07, 6.45) is 0.640. The van der Waals surface area contributed by atoms with Crippen LogP contribution in [0.25, 0.3) is 0 Å². The Hall–Kier alpha value is -1.51. The zero-order valence-electron chi connectivity index (χ0n) is 6.53. The lowest BCUT2D eigenvalue weighted by Gasteiger charge is -2.30. The third-order valence-corrected chi connectivity index (χ3v) is 2.01. The molecule has 1 aromatic rings. The third kappa shape index (κ3) is 1.03. The van der Waals surface area contributed by atoms with Crippen LogP contribution in [0, 0.1) is 0 Å². The van der Waals surface area contributed by atoms with Gasteiger partial charge in [0, 0.05) is 18.7 Å². The molecule has 2 rings (SSSR count). The molecule has 0 saturated carbocycles. The highest BCUT2D eigenvalue weighted by Crippen LogP contribution is 2.23.